The van der Waals surface area contributed by atoms with Gasteiger partial charge in [-0.1, -0.05) is 0 Å². The number of aromatic nitrogens is 3. The molecule has 0 N–H and O–H groups in total. The highest BCUT2D eigenvalue weighted by Gasteiger charge is 2.31. The van der Waals surface area contributed by atoms with E-state index >= 15 is 0 Å². The predicted octanol–water partition coefficient (Wildman–Crippen LogP) is 1.95. The molecule has 2 rings (SSSR count). The molecule has 94 valence electrons. The Kier molecular flexibility index (Phi) is 2.90. The minimum atomic E-state index is -4.50. The van der Waals surface area contributed by atoms with Crippen LogP contribution in [0.25, 0.3) is 5.69 Å². The third kappa shape index (κ3) is 2.24. The van der Waals surface area contributed by atoms with Gasteiger partial charge in [0.05, 0.1) is 23.6 Å². The van der Waals surface area contributed by atoms with E-state index in [1.807, 2.05) is 0 Å². The van der Waals surface area contributed by atoms with E-state index in [1.54, 1.807) is 0 Å². The summed E-state index contributed by atoms with van der Waals surface area (Å²) in [6.07, 6.45) is 0.0147. The van der Waals surface area contributed by atoms with Crippen LogP contribution in [0.5, 0.6) is 0 Å². The molecule has 0 atom stereocenters. The molecule has 0 amide bonds. The molecular formula is C11H8F3N3O. The maximum Gasteiger partial charge on any atom is 0.417 e. The highest BCUT2D eigenvalue weighted by molar-refractivity contribution is 5.31. The van der Waals surface area contributed by atoms with Crippen LogP contribution in [0.15, 0.2) is 35.8 Å². The van der Waals surface area contributed by atoms with E-state index in [9.17, 15) is 18.0 Å². The number of hydrogen-bond donors (Lipinski definition) is 0. The zero-order chi connectivity index (χ0) is 13.3. The van der Waals surface area contributed by atoms with Crippen LogP contribution < -0.4 is 5.56 Å². The molecule has 0 bridgehead atoms. The summed E-state index contributed by atoms with van der Waals surface area (Å²) in [4.78, 5) is 19.1. The van der Waals surface area contributed by atoms with Crippen molar-refractivity contribution in [1.82, 2.24) is 14.5 Å². The van der Waals surface area contributed by atoms with Crippen molar-refractivity contribution < 1.29 is 13.2 Å². The second-order valence-corrected chi connectivity index (χ2v) is 3.68. The summed E-state index contributed by atoms with van der Waals surface area (Å²) in [5, 5.41) is 0. The van der Waals surface area contributed by atoms with Gasteiger partial charge in [0.15, 0.2) is 0 Å². The number of hydrogen-bond acceptors (Lipinski definition) is 3. The standard InChI is InChI=1S/C11H8F3N3O/c1-7-2-8(11(12,13)14)5-17(10(7)18)9-3-15-6-16-4-9/h2-6H,1H3. The fraction of sp³-hybridized carbons (Fsp3) is 0.182. The lowest BCUT2D eigenvalue weighted by molar-refractivity contribution is -0.138. The van der Waals surface area contributed by atoms with Crippen LogP contribution in [0.4, 0.5) is 13.2 Å². The first-order valence-electron chi connectivity index (χ1n) is 4.95. The fourth-order valence-corrected chi connectivity index (χ4v) is 1.48. The quantitative estimate of drug-likeness (QED) is 0.782. The third-order valence-corrected chi connectivity index (χ3v) is 2.35. The Hall–Kier alpha value is -2.18. The lowest BCUT2D eigenvalue weighted by Crippen LogP contribution is -2.23. The number of aryl methyl sites for hydroxylation is 1. The van der Waals surface area contributed by atoms with Gasteiger partial charge in [0.25, 0.3) is 5.56 Å². The molecule has 4 nitrogen and oxygen atoms in total. The summed E-state index contributed by atoms with van der Waals surface area (Å²) < 4.78 is 38.8. The Morgan fingerprint density at radius 1 is 1.22 bits per heavy atom. The number of pyridine rings is 1. The summed E-state index contributed by atoms with van der Waals surface area (Å²) in [6.45, 7) is 1.33. The molecule has 0 aliphatic heterocycles. The minimum absolute atomic E-state index is 0.00804. The summed E-state index contributed by atoms with van der Waals surface area (Å²) in [7, 11) is 0. The maximum atomic E-state index is 12.6. The summed E-state index contributed by atoms with van der Waals surface area (Å²) in [5.74, 6) is 0. The van der Waals surface area contributed by atoms with Crippen LogP contribution >= 0.6 is 0 Å². The van der Waals surface area contributed by atoms with Gasteiger partial charge in [-0.05, 0) is 13.0 Å². The molecule has 0 aliphatic carbocycles. The SMILES string of the molecule is Cc1cc(C(F)(F)F)cn(-c2cncnc2)c1=O. The average molecular weight is 255 g/mol. The largest absolute Gasteiger partial charge is 0.417 e. The Morgan fingerprint density at radius 2 is 1.83 bits per heavy atom. The van der Waals surface area contributed by atoms with E-state index in [1.165, 1.54) is 25.6 Å². The molecule has 0 saturated heterocycles. The van der Waals surface area contributed by atoms with Gasteiger partial charge in [-0.2, -0.15) is 13.2 Å². The summed E-state index contributed by atoms with van der Waals surface area (Å²) >= 11 is 0. The first-order valence-corrected chi connectivity index (χ1v) is 4.95. The zero-order valence-corrected chi connectivity index (χ0v) is 9.27. The normalized spacial score (nSPS) is 11.6. The average Bonchev–Trinajstić information content (AvgIpc) is 2.32. The Balaban J connectivity index is 2.68. The van der Waals surface area contributed by atoms with Crippen molar-refractivity contribution in [2.45, 2.75) is 13.1 Å². The highest BCUT2D eigenvalue weighted by Crippen LogP contribution is 2.29. The van der Waals surface area contributed by atoms with Crippen molar-refractivity contribution in [2.24, 2.45) is 0 Å². The number of alkyl halides is 3. The Bertz CT molecular complexity index is 620. The zero-order valence-electron chi connectivity index (χ0n) is 9.27. The molecule has 0 fully saturated rings. The molecule has 0 saturated carbocycles. The Morgan fingerprint density at radius 3 is 2.39 bits per heavy atom. The molecule has 18 heavy (non-hydrogen) atoms. The van der Waals surface area contributed by atoms with E-state index in [4.69, 9.17) is 0 Å². The fourth-order valence-electron chi connectivity index (χ4n) is 1.48. The van der Waals surface area contributed by atoms with Gasteiger partial charge in [-0.15, -0.1) is 0 Å². The van der Waals surface area contributed by atoms with Crippen LogP contribution in [0.1, 0.15) is 11.1 Å². The smallest absolute Gasteiger partial charge is 0.280 e. The molecule has 0 radical (unpaired) electrons. The lowest BCUT2D eigenvalue weighted by atomic mass is 10.2. The lowest BCUT2D eigenvalue weighted by Gasteiger charge is -2.11. The van der Waals surface area contributed by atoms with E-state index in [0.717, 1.165) is 16.8 Å². The first-order chi connectivity index (χ1) is 8.39. The van der Waals surface area contributed by atoms with Crippen molar-refractivity contribution in [3.63, 3.8) is 0 Å². The molecule has 0 aromatic carbocycles. The first kappa shape index (κ1) is 12.3. The van der Waals surface area contributed by atoms with E-state index in [2.05, 4.69) is 9.97 Å². The highest BCUT2D eigenvalue weighted by atomic mass is 19.4. The topological polar surface area (TPSA) is 47.8 Å². The number of halogens is 3. The molecule has 0 spiro atoms. The van der Waals surface area contributed by atoms with Crippen molar-refractivity contribution in [3.05, 3.63) is 52.5 Å². The summed E-state index contributed by atoms with van der Waals surface area (Å²) in [5.41, 5.74) is -1.22. The predicted molar refractivity (Wildman–Crippen MR) is 57.4 cm³/mol. The minimum Gasteiger partial charge on any atom is -0.280 e. The van der Waals surface area contributed by atoms with Crippen LogP contribution in [0.2, 0.25) is 0 Å². The molecule has 2 aromatic rings. The summed E-state index contributed by atoms with van der Waals surface area (Å²) in [6, 6.07) is 0.822. The van der Waals surface area contributed by atoms with Gasteiger partial charge < -0.3 is 0 Å². The van der Waals surface area contributed by atoms with Crippen LogP contribution in [-0.2, 0) is 6.18 Å². The van der Waals surface area contributed by atoms with Crippen molar-refractivity contribution in [1.29, 1.82) is 0 Å². The second kappa shape index (κ2) is 4.25. The second-order valence-electron chi connectivity index (χ2n) is 3.68. The third-order valence-electron chi connectivity index (χ3n) is 2.35. The van der Waals surface area contributed by atoms with E-state index in [-0.39, 0.29) is 11.3 Å². The van der Waals surface area contributed by atoms with E-state index < -0.39 is 17.3 Å². The van der Waals surface area contributed by atoms with Gasteiger partial charge >= 0.3 is 6.18 Å². The van der Waals surface area contributed by atoms with Gasteiger partial charge in [-0.25, -0.2) is 9.97 Å². The molecule has 2 aromatic heterocycles. The van der Waals surface area contributed by atoms with Crippen molar-refractivity contribution in [3.8, 4) is 5.69 Å². The maximum absolute atomic E-state index is 12.6. The monoisotopic (exact) mass is 255 g/mol. The van der Waals surface area contributed by atoms with Gasteiger partial charge in [-0.3, -0.25) is 9.36 Å². The molecular weight excluding hydrogens is 247 g/mol. The molecule has 0 aliphatic rings. The van der Waals surface area contributed by atoms with Crippen molar-refractivity contribution >= 4 is 0 Å². The Labute approximate surface area is 99.7 Å². The van der Waals surface area contributed by atoms with Gasteiger partial charge in [0.1, 0.15) is 6.33 Å². The van der Waals surface area contributed by atoms with Crippen molar-refractivity contribution in [2.75, 3.05) is 0 Å². The van der Waals surface area contributed by atoms with Crippen LogP contribution in [0.3, 0.4) is 0 Å². The van der Waals surface area contributed by atoms with Gasteiger partial charge in [0.2, 0.25) is 0 Å². The van der Waals surface area contributed by atoms with Gasteiger partial charge in [0, 0.05) is 11.8 Å². The number of nitrogens with zero attached hydrogens (tertiary/aromatic N) is 3. The molecule has 2 heterocycles. The number of rotatable bonds is 1. The molecule has 0 unspecified atom stereocenters. The van der Waals surface area contributed by atoms with Crippen LogP contribution in [0, 0.1) is 6.92 Å². The molecule has 7 heteroatoms. The van der Waals surface area contributed by atoms with Crippen LogP contribution in [-0.4, -0.2) is 14.5 Å². The van der Waals surface area contributed by atoms with E-state index in [0.29, 0.717) is 0 Å².